The molecule has 7 heteroatoms. The van der Waals surface area contributed by atoms with Crippen molar-refractivity contribution in [2.75, 3.05) is 24.2 Å². The number of rotatable bonds is 7. The van der Waals surface area contributed by atoms with Gasteiger partial charge in [-0.2, -0.15) is 0 Å². The maximum Gasteiger partial charge on any atom is 0.158 e. The fourth-order valence-electron chi connectivity index (χ4n) is 1.71. The molecule has 2 aromatic rings. The van der Waals surface area contributed by atoms with Crippen LogP contribution in [0.15, 0.2) is 11.4 Å². The van der Waals surface area contributed by atoms with Gasteiger partial charge in [0.25, 0.3) is 0 Å². The van der Waals surface area contributed by atoms with Crippen molar-refractivity contribution in [1.82, 2.24) is 15.0 Å². The SMILES string of the molecule is CCOCc1nc(N)cc(NCCc2csc(C)n2)n1. The minimum Gasteiger partial charge on any atom is -0.384 e. The Hall–Kier alpha value is -1.73. The zero-order valence-corrected chi connectivity index (χ0v) is 12.5. The van der Waals surface area contributed by atoms with Crippen molar-refractivity contribution in [1.29, 1.82) is 0 Å². The van der Waals surface area contributed by atoms with Crippen LogP contribution in [0, 0.1) is 6.92 Å². The number of nitrogens with two attached hydrogens (primary N) is 1. The van der Waals surface area contributed by atoms with Gasteiger partial charge < -0.3 is 15.8 Å². The topological polar surface area (TPSA) is 86.0 Å². The van der Waals surface area contributed by atoms with Crippen LogP contribution in [0.25, 0.3) is 0 Å². The van der Waals surface area contributed by atoms with Gasteiger partial charge in [-0.05, 0) is 13.8 Å². The van der Waals surface area contributed by atoms with E-state index < -0.39 is 0 Å². The Labute approximate surface area is 122 Å². The zero-order chi connectivity index (χ0) is 14.4. The predicted octanol–water partition coefficient (Wildman–Crippen LogP) is 2.01. The number of anilines is 2. The second-order valence-corrected chi connectivity index (χ2v) is 5.33. The van der Waals surface area contributed by atoms with Crippen LogP contribution in [0.5, 0.6) is 0 Å². The molecule has 0 aliphatic carbocycles. The van der Waals surface area contributed by atoms with Crippen molar-refractivity contribution < 1.29 is 4.74 Å². The van der Waals surface area contributed by atoms with Gasteiger partial charge in [-0.3, -0.25) is 0 Å². The summed E-state index contributed by atoms with van der Waals surface area (Å²) in [4.78, 5) is 12.9. The van der Waals surface area contributed by atoms with Crippen molar-refractivity contribution in [2.45, 2.75) is 26.9 Å². The molecule has 0 saturated carbocycles. The van der Waals surface area contributed by atoms with Crippen LogP contribution in [0.2, 0.25) is 0 Å². The molecule has 2 aromatic heterocycles. The summed E-state index contributed by atoms with van der Waals surface area (Å²) >= 11 is 1.66. The van der Waals surface area contributed by atoms with Crippen molar-refractivity contribution in [3.63, 3.8) is 0 Å². The highest BCUT2D eigenvalue weighted by Crippen LogP contribution is 2.11. The summed E-state index contributed by atoms with van der Waals surface area (Å²) in [6.45, 7) is 5.70. The molecular weight excluding hydrogens is 274 g/mol. The quantitative estimate of drug-likeness (QED) is 0.812. The lowest BCUT2D eigenvalue weighted by molar-refractivity contribution is 0.128. The first kappa shape index (κ1) is 14.7. The molecule has 0 unspecified atom stereocenters. The molecule has 20 heavy (non-hydrogen) atoms. The fourth-order valence-corrected chi connectivity index (χ4v) is 2.35. The molecule has 3 N–H and O–H groups in total. The largest absolute Gasteiger partial charge is 0.384 e. The zero-order valence-electron chi connectivity index (χ0n) is 11.7. The minimum atomic E-state index is 0.376. The molecule has 0 bridgehead atoms. The average Bonchev–Trinajstić information content (AvgIpc) is 2.81. The van der Waals surface area contributed by atoms with Gasteiger partial charge >= 0.3 is 0 Å². The number of hydrogen-bond acceptors (Lipinski definition) is 7. The van der Waals surface area contributed by atoms with Crippen LogP contribution in [-0.2, 0) is 17.8 Å². The number of hydrogen-bond donors (Lipinski definition) is 2. The minimum absolute atomic E-state index is 0.376. The molecule has 0 amide bonds. The molecule has 2 rings (SSSR count). The van der Waals surface area contributed by atoms with E-state index in [1.54, 1.807) is 17.4 Å². The Morgan fingerprint density at radius 2 is 2.20 bits per heavy atom. The van der Waals surface area contributed by atoms with E-state index in [1.165, 1.54) is 0 Å². The molecule has 0 aromatic carbocycles. The maximum atomic E-state index is 5.76. The molecule has 0 fully saturated rings. The predicted molar refractivity (Wildman–Crippen MR) is 80.8 cm³/mol. The van der Waals surface area contributed by atoms with Gasteiger partial charge in [0.1, 0.15) is 18.2 Å². The molecular formula is C13H19N5OS. The van der Waals surface area contributed by atoms with Crippen LogP contribution in [0.3, 0.4) is 0 Å². The van der Waals surface area contributed by atoms with Gasteiger partial charge in [0.15, 0.2) is 5.82 Å². The Balaban J connectivity index is 1.89. The number of ether oxygens (including phenoxy) is 1. The third-order valence-electron chi connectivity index (χ3n) is 2.58. The van der Waals surface area contributed by atoms with Gasteiger partial charge in [-0.25, -0.2) is 15.0 Å². The number of nitrogens with one attached hydrogen (secondary N) is 1. The smallest absolute Gasteiger partial charge is 0.158 e. The van der Waals surface area contributed by atoms with Gasteiger partial charge in [0.05, 0.1) is 10.7 Å². The summed E-state index contributed by atoms with van der Waals surface area (Å²) in [6, 6.07) is 1.72. The number of aryl methyl sites for hydroxylation is 1. The molecule has 0 spiro atoms. The van der Waals surface area contributed by atoms with E-state index in [0.717, 1.165) is 29.5 Å². The van der Waals surface area contributed by atoms with Crippen LogP contribution >= 0.6 is 11.3 Å². The first-order chi connectivity index (χ1) is 9.67. The number of thiazole rings is 1. The Kier molecular flexibility index (Phi) is 5.25. The van der Waals surface area contributed by atoms with Gasteiger partial charge in [0.2, 0.25) is 0 Å². The summed E-state index contributed by atoms with van der Waals surface area (Å²) < 4.78 is 5.29. The second kappa shape index (κ2) is 7.16. The van der Waals surface area contributed by atoms with E-state index >= 15 is 0 Å². The van der Waals surface area contributed by atoms with Gasteiger partial charge in [-0.1, -0.05) is 0 Å². The van der Waals surface area contributed by atoms with Crippen molar-refractivity contribution in [2.24, 2.45) is 0 Å². The Morgan fingerprint density at radius 1 is 1.35 bits per heavy atom. The van der Waals surface area contributed by atoms with Crippen LogP contribution in [-0.4, -0.2) is 28.1 Å². The van der Waals surface area contributed by atoms with E-state index in [1.807, 2.05) is 13.8 Å². The van der Waals surface area contributed by atoms with Gasteiger partial charge in [-0.15, -0.1) is 11.3 Å². The third-order valence-corrected chi connectivity index (χ3v) is 3.40. The number of nitrogens with zero attached hydrogens (tertiary/aromatic N) is 3. The lowest BCUT2D eigenvalue weighted by atomic mass is 10.3. The van der Waals surface area contributed by atoms with E-state index in [0.29, 0.717) is 24.9 Å². The molecule has 0 atom stereocenters. The Morgan fingerprint density at radius 3 is 2.90 bits per heavy atom. The highest BCUT2D eigenvalue weighted by Gasteiger charge is 2.03. The summed E-state index contributed by atoms with van der Waals surface area (Å²) in [6.07, 6.45) is 0.856. The van der Waals surface area contributed by atoms with Crippen LogP contribution in [0.1, 0.15) is 23.4 Å². The second-order valence-electron chi connectivity index (χ2n) is 4.27. The van der Waals surface area contributed by atoms with E-state index in [9.17, 15) is 0 Å². The molecule has 0 aliphatic rings. The monoisotopic (exact) mass is 293 g/mol. The molecule has 0 aliphatic heterocycles. The first-order valence-electron chi connectivity index (χ1n) is 6.53. The van der Waals surface area contributed by atoms with E-state index in [2.05, 4.69) is 25.6 Å². The van der Waals surface area contributed by atoms with Crippen LogP contribution in [0.4, 0.5) is 11.6 Å². The highest BCUT2D eigenvalue weighted by molar-refractivity contribution is 7.09. The van der Waals surface area contributed by atoms with Crippen LogP contribution < -0.4 is 11.1 Å². The van der Waals surface area contributed by atoms with Crippen molar-refractivity contribution in [3.05, 3.63) is 28.0 Å². The summed E-state index contributed by atoms with van der Waals surface area (Å²) in [5, 5.41) is 6.40. The maximum absolute atomic E-state index is 5.76. The lowest BCUT2D eigenvalue weighted by Crippen LogP contribution is -2.10. The van der Waals surface area contributed by atoms with E-state index in [-0.39, 0.29) is 0 Å². The van der Waals surface area contributed by atoms with Crippen molar-refractivity contribution >= 4 is 23.0 Å². The standard InChI is InChI=1S/C13H19N5OS/c1-3-19-7-13-17-11(14)6-12(18-13)15-5-4-10-8-20-9(2)16-10/h6,8H,3-5,7H2,1-2H3,(H3,14,15,17,18). The molecule has 6 nitrogen and oxygen atoms in total. The first-order valence-corrected chi connectivity index (χ1v) is 7.41. The van der Waals surface area contributed by atoms with Gasteiger partial charge in [0, 0.05) is 31.0 Å². The third kappa shape index (κ3) is 4.43. The molecule has 2 heterocycles. The number of aromatic nitrogens is 3. The summed E-state index contributed by atoms with van der Waals surface area (Å²) in [5.74, 6) is 1.76. The number of nitrogen functional groups attached to an aromatic ring is 1. The Bertz CT molecular complexity index is 557. The summed E-state index contributed by atoms with van der Waals surface area (Å²) in [7, 11) is 0. The van der Waals surface area contributed by atoms with E-state index in [4.69, 9.17) is 10.5 Å². The average molecular weight is 293 g/mol. The fraction of sp³-hybridized carbons (Fsp3) is 0.462. The normalized spacial score (nSPS) is 10.7. The molecule has 108 valence electrons. The molecule has 0 radical (unpaired) electrons. The molecule has 0 saturated heterocycles. The van der Waals surface area contributed by atoms with Crippen molar-refractivity contribution in [3.8, 4) is 0 Å². The highest BCUT2D eigenvalue weighted by atomic mass is 32.1. The summed E-state index contributed by atoms with van der Waals surface area (Å²) in [5.41, 5.74) is 6.85. The lowest BCUT2D eigenvalue weighted by Gasteiger charge is -2.07.